The van der Waals surface area contributed by atoms with E-state index in [1.165, 1.54) is 0 Å². The fourth-order valence-corrected chi connectivity index (χ4v) is 1.90. The Bertz CT molecular complexity index is 167. The van der Waals surface area contributed by atoms with Gasteiger partial charge in [0, 0.05) is 0 Å². The van der Waals surface area contributed by atoms with E-state index in [-0.39, 0.29) is 5.92 Å². The fourth-order valence-electron chi connectivity index (χ4n) is 1.90. The Labute approximate surface area is 93.0 Å². The molecule has 1 unspecified atom stereocenters. The highest BCUT2D eigenvalue weighted by atomic mass is 16.4. The van der Waals surface area contributed by atoms with Gasteiger partial charge in [-0.2, -0.15) is 0 Å². The highest BCUT2D eigenvalue weighted by Crippen LogP contribution is 2.23. The Balaban J connectivity index is 3.97. The summed E-state index contributed by atoms with van der Waals surface area (Å²) in [5, 5.41) is 9.08. The van der Waals surface area contributed by atoms with E-state index in [9.17, 15) is 4.79 Å². The van der Waals surface area contributed by atoms with Crippen LogP contribution in [0.4, 0.5) is 0 Å². The minimum Gasteiger partial charge on any atom is -0.481 e. The lowest BCUT2D eigenvalue weighted by Crippen LogP contribution is -2.18. The molecule has 3 heteroatoms. The Morgan fingerprint density at radius 2 is 1.87 bits per heavy atom. The zero-order valence-electron chi connectivity index (χ0n) is 10.0. The Kier molecular flexibility index (Phi) is 8.38. The summed E-state index contributed by atoms with van der Waals surface area (Å²) in [6.45, 7) is 4.93. The predicted octanol–water partition coefficient (Wildman–Crippen LogP) is 2.64. The van der Waals surface area contributed by atoms with Gasteiger partial charge in [-0.15, -0.1) is 0 Å². The number of unbranched alkanes of at least 4 members (excludes halogenated alkanes) is 1. The van der Waals surface area contributed by atoms with Gasteiger partial charge in [0.2, 0.25) is 0 Å². The molecule has 3 N–H and O–H groups in total. The van der Waals surface area contributed by atoms with Crippen LogP contribution in [0.1, 0.15) is 52.4 Å². The Morgan fingerprint density at radius 1 is 1.27 bits per heavy atom. The van der Waals surface area contributed by atoms with Crippen LogP contribution in [-0.4, -0.2) is 17.6 Å². The van der Waals surface area contributed by atoms with Crippen LogP contribution < -0.4 is 5.73 Å². The molecule has 0 heterocycles. The van der Waals surface area contributed by atoms with E-state index < -0.39 is 5.97 Å². The number of nitrogens with two attached hydrogens (primary N) is 1. The molecule has 90 valence electrons. The van der Waals surface area contributed by atoms with Crippen LogP contribution in [0.2, 0.25) is 0 Å². The molecule has 0 saturated carbocycles. The molecule has 0 rings (SSSR count). The van der Waals surface area contributed by atoms with Crippen molar-refractivity contribution in [2.24, 2.45) is 17.6 Å². The van der Waals surface area contributed by atoms with Crippen molar-refractivity contribution in [2.45, 2.75) is 52.4 Å². The van der Waals surface area contributed by atoms with Crippen LogP contribution in [0.25, 0.3) is 0 Å². The van der Waals surface area contributed by atoms with E-state index in [0.29, 0.717) is 12.5 Å². The number of rotatable bonds is 9. The normalized spacial score (nSPS) is 13.1. The van der Waals surface area contributed by atoms with Crippen LogP contribution in [-0.2, 0) is 4.79 Å². The first-order valence-electron chi connectivity index (χ1n) is 6.08. The molecule has 0 aliphatic carbocycles. The second-order valence-corrected chi connectivity index (χ2v) is 4.24. The lowest BCUT2D eigenvalue weighted by atomic mass is 9.87. The van der Waals surface area contributed by atoms with Crippen LogP contribution in [0.5, 0.6) is 0 Å². The topological polar surface area (TPSA) is 63.3 Å². The first-order valence-corrected chi connectivity index (χ1v) is 6.08. The number of hydrogen-bond acceptors (Lipinski definition) is 2. The van der Waals surface area contributed by atoms with Crippen molar-refractivity contribution >= 4 is 5.97 Å². The van der Waals surface area contributed by atoms with Gasteiger partial charge in [-0.25, -0.2) is 0 Å². The van der Waals surface area contributed by atoms with Crippen LogP contribution in [0.15, 0.2) is 0 Å². The molecule has 0 spiro atoms. The van der Waals surface area contributed by atoms with Gasteiger partial charge in [-0.1, -0.05) is 33.1 Å². The molecule has 0 aromatic rings. The highest BCUT2D eigenvalue weighted by Gasteiger charge is 2.20. The maximum absolute atomic E-state index is 11.0. The summed E-state index contributed by atoms with van der Waals surface area (Å²) in [5.74, 6) is -0.246. The van der Waals surface area contributed by atoms with Gasteiger partial charge < -0.3 is 10.8 Å². The highest BCUT2D eigenvalue weighted by molar-refractivity contribution is 5.69. The molecule has 0 bridgehead atoms. The van der Waals surface area contributed by atoms with Crippen molar-refractivity contribution in [3.63, 3.8) is 0 Å². The van der Waals surface area contributed by atoms with Crippen LogP contribution >= 0.6 is 0 Å². The van der Waals surface area contributed by atoms with Crippen molar-refractivity contribution in [1.29, 1.82) is 0 Å². The third-order valence-corrected chi connectivity index (χ3v) is 3.13. The van der Waals surface area contributed by atoms with Crippen molar-refractivity contribution in [3.8, 4) is 0 Å². The third-order valence-electron chi connectivity index (χ3n) is 3.13. The van der Waals surface area contributed by atoms with Gasteiger partial charge in [0.1, 0.15) is 0 Å². The summed E-state index contributed by atoms with van der Waals surface area (Å²) in [6.07, 6.45) is 5.64. The molecular formula is C12H25NO2. The van der Waals surface area contributed by atoms with Crippen LogP contribution in [0.3, 0.4) is 0 Å². The molecule has 0 aliphatic heterocycles. The largest absolute Gasteiger partial charge is 0.481 e. The quantitative estimate of drug-likeness (QED) is 0.581. The summed E-state index contributed by atoms with van der Waals surface area (Å²) in [7, 11) is 0. The van der Waals surface area contributed by atoms with Crippen molar-refractivity contribution in [1.82, 2.24) is 0 Å². The zero-order chi connectivity index (χ0) is 11.7. The van der Waals surface area contributed by atoms with E-state index in [1.807, 2.05) is 0 Å². The molecule has 0 radical (unpaired) electrons. The SMILES string of the molecule is CCC(CC)CC(CCCCN)C(=O)O. The predicted molar refractivity (Wildman–Crippen MR) is 62.7 cm³/mol. The molecule has 3 nitrogen and oxygen atoms in total. The molecule has 0 aromatic heterocycles. The molecule has 0 saturated heterocycles. The first-order chi connectivity index (χ1) is 7.15. The van der Waals surface area contributed by atoms with Gasteiger partial charge >= 0.3 is 5.97 Å². The average molecular weight is 215 g/mol. The van der Waals surface area contributed by atoms with E-state index in [1.54, 1.807) is 0 Å². The summed E-state index contributed by atoms with van der Waals surface area (Å²) in [6, 6.07) is 0. The van der Waals surface area contributed by atoms with Crippen molar-refractivity contribution < 1.29 is 9.90 Å². The average Bonchev–Trinajstić information content (AvgIpc) is 2.23. The number of carbonyl (C=O) groups is 1. The number of carboxylic acids is 1. The standard InChI is InChI=1S/C12H25NO2/c1-3-10(4-2)9-11(12(14)15)7-5-6-8-13/h10-11H,3-9,13H2,1-2H3,(H,14,15). The minimum absolute atomic E-state index is 0.165. The lowest BCUT2D eigenvalue weighted by molar-refractivity contribution is -0.142. The zero-order valence-corrected chi connectivity index (χ0v) is 10.0. The third kappa shape index (κ3) is 6.50. The molecule has 0 aliphatic rings. The Hall–Kier alpha value is -0.570. The smallest absolute Gasteiger partial charge is 0.306 e. The number of aliphatic carboxylic acids is 1. The van der Waals surface area contributed by atoms with Gasteiger partial charge in [0.25, 0.3) is 0 Å². The summed E-state index contributed by atoms with van der Waals surface area (Å²) in [5.41, 5.74) is 5.40. The summed E-state index contributed by atoms with van der Waals surface area (Å²) >= 11 is 0. The van der Waals surface area contributed by atoms with E-state index in [0.717, 1.165) is 38.5 Å². The monoisotopic (exact) mass is 215 g/mol. The summed E-state index contributed by atoms with van der Waals surface area (Å²) < 4.78 is 0. The van der Waals surface area contributed by atoms with E-state index in [4.69, 9.17) is 10.8 Å². The van der Waals surface area contributed by atoms with Crippen molar-refractivity contribution in [3.05, 3.63) is 0 Å². The summed E-state index contributed by atoms with van der Waals surface area (Å²) in [4.78, 5) is 11.0. The molecular weight excluding hydrogens is 190 g/mol. The molecule has 15 heavy (non-hydrogen) atoms. The second-order valence-electron chi connectivity index (χ2n) is 4.24. The first kappa shape index (κ1) is 14.4. The fraction of sp³-hybridized carbons (Fsp3) is 0.917. The maximum atomic E-state index is 11.0. The maximum Gasteiger partial charge on any atom is 0.306 e. The van der Waals surface area contributed by atoms with Crippen molar-refractivity contribution in [2.75, 3.05) is 6.54 Å². The molecule has 0 fully saturated rings. The van der Waals surface area contributed by atoms with E-state index in [2.05, 4.69) is 13.8 Å². The van der Waals surface area contributed by atoms with Gasteiger partial charge in [-0.05, 0) is 31.7 Å². The molecule has 0 amide bonds. The number of hydrogen-bond donors (Lipinski definition) is 2. The second kappa shape index (κ2) is 8.72. The molecule has 1 atom stereocenters. The van der Waals surface area contributed by atoms with Gasteiger partial charge in [0.05, 0.1) is 5.92 Å². The minimum atomic E-state index is -0.640. The lowest BCUT2D eigenvalue weighted by Gasteiger charge is -2.18. The van der Waals surface area contributed by atoms with Gasteiger partial charge in [0.15, 0.2) is 0 Å². The van der Waals surface area contributed by atoms with E-state index >= 15 is 0 Å². The van der Waals surface area contributed by atoms with Gasteiger partial charge in [-0.3, -0.25) is 4.79 Å². The van der Waals surface area contributed by atoms with Crippen LogP contribution in [0, 0.1) is 11.8 Å². The Morgan fingerprint density at radius 3 is 2.27 bits per heavy atom. The molecule has 0 aromatic carbocycles. The number of carboxylic acid groups (broad SMARTS) is 1.